The third-order valence-corrected chi connectivity index (χ3v) is 3.76. The highest BCUT2D eigenvalue weighted by Gasteiger charge is 2.26. The van der Waals surface area contributed by atoms with Crippen LogP contribution < -0.4 is 10.1 Å². The van der Waals surface area contributed by atoms with E-state index in [9.17, 15) is 14.7 Å². The molecule has 0 saturated heterocycles. The first-order chi connectivity index (χ1) is 10.5. The Bertz CT molecular complexity index is 501. The maximum atomic E-state index is 12.1. The van der Waals surface area contributed by atoms with Gasteiger partial charge in [0.1, 0.15) is 5.75 Å². The van der Waals surface area contributed by atoms with Gasteiger partial charge < -0.3 is 15.2 Å². The molecule has 2 atom stereocenters. The highest BCUT2D eigenvalue weighted by molar-refractivity contribution is 5.92. The number of carboxylic acid groups (broad SMARTS) is 1. The number of hydrogen-bond acceptors (Lipinski definition) is 3. The Balaban J connectivity index is 2.64. The van der Waals surface area contributed by atoms with Crippen molar-refractivity contribution in [2.75, 3.05) is 12.4 Å². The first kappa shape index (κ1) is 18.0. The number of unbranched alkanes of at least 4 members (excludes halogenated alkanes) is 1. The minimum Gasteiger partial charge on any atom is -0.495 e. The van der Waals surface area contributed by atoms with Gasteiger partial charge in [-0.2, -0.15) is 0 Å². The normalized spacial score (nSPS) is 13.2. The summed E-state index contributed by atoms with van der Waals surface area (Å²) in [5, 5.41) is 12.1. The molecule has 0 aliphatic rings. The van der Waals surface area contributed by atoms with Gasteiger partial charge in [-0.3, -0.25) is 9.59 Å². The summed E-state index contributed by atoms with van der Waals surface area (Å²) in [6, 6.07) is 7.15. The molecule has 0 heterocycles. The fourth-order valence-corrected chi connectivity index (χ4v) is 2.46. The van der Waals surface area contributed by atoms with Gasteiger partial charge in [-0.25, -0.2) is 0 Å². The standard InChI is InChI=1S/C17H25NO4/c1-4-5-8-13(17(20)21)12(2)11-16(19)18-14-9-6-7-10-15(14)22-3/h6-7,9-10,12-13H,4-5,8,11H2,1-3H3,(H,18,19)(H,20,21)/t12-,13-/m0/s1. The summed E-state index contributed by atoms with van der Waals surface area (Å²) in [7, 11) is 1.54. The number of carbonyl (C=O) groups excluding carboxylic acids is 1. The van der Waals surface area contributed by atoms with Gasteiger partial charge >= 0.3 is 5.97 Å². The Morgan fingerprint density at radius 2 is 2.00 bits per heavy atom. The van der Waals surface area contributed by atoms with Crippen molar-refractivity contribution >= 4 is 17.6 Å². The van der Waals surface area contributed by atoms with E-state index in [2.05, 4.69) is 5.32 Å². The van der Waals surface area contributed by atoms with Crippen LogP contribution in [0.2, 0.25) is 0 Å². The van der Waals surface area contributed by atoms with E-state index in [1.165, 1.54) is 0 Å². The van der Waals surface area contributed by atoms with E-state index in [0.29, 0.717) is 17.9 Å². The van der Waals surface area contributed by atoms with Crippen molar-refractivity contribution in [3.05, 3.63) is 24.3 Å². The molecule has 22 heavy (non-hydrogen) atoms. The molecule has 0 aromatic heterocycles. The molecule has 1 aromatic carbocycles. The molecule has 122 valence electrons. The summed E-state index contributed by atoms with van der Waals surface area (Å²) in [6.07, 6.45) is 2.59. The number of aliphatic carboxylic acids is 1. The zero-order chi connectivity index (χ0) is 16.5. The third-order valence-electron chi connectivity index (χ3n) is 3.76. The van der Waals surface area contributed by atoms with E-state index in [4.69, 9.17) is 4.74 Å². The Hall–Kier alpha value is -2.04. The smallest absolute Gasteiger partial charge is 0.306 e. The second-order valence-corrected chi connectivity index (χ2v) is 5.52. The van der Waals surface area contributed by atoms with E-state index in [1.807, 2.05) is 26.0 Å². The van der Waals surface area contributed by atoms with Crippen LogP contribution in [-0.2, 0) is 9.59 Å². The second kappa shape index (κ2) is 9.07. The predicted octanol–water partition coefficient (Wildman–Crippen LogP) is 3.55. The first-order valence-corrected chi connectivity index (χ1v) is 7.65. The number of rotatable bonds is 9. The number of amides is 1. The fourth-order valence-electron chi connectivity index (χ4n) is 2.46. The van der Waals surface area contributed by atoms with E-state index in [-0.39, 0.29) is 18.2 Å². The summed E-state index contributed by atoms with van der Waals surface area (Å²) in [4.78, 5) is 23.5. The average Bonchev–Trinajstić information content (AvgIpc) is 2.47. The monoisotopic (exact) mass is 307 g/mol. The lowest BCUT2D eigenvalue weighted by molar-refractivity contribution is -0.144. The molecule has 2 N–H and O–H groups in total. The fraction of sp³-hybridized carbons (Fsp3) is 0.529. The van der Waals surface area contributed by atoms with Crippen molar-refractivity contribution in [2.45, 2.75) is 39.5 Å². The van der Waals surface area contributed by atoms with Crippen LogP contribution in [0.5, 0.6) is 5.75 Å². The second-order valence-electron chi connectivity index (χ2n) is 5.52. The number of ether oxygens (including phenoxy) is 1. The minimum atomic E-state index is -0.828. The summed E-state index contributed by atoms with van der Waals surface area (Å²) in [5.41, 5.74) is 0.600. The van der Waals surface area contributed by atoms with Gasteiger partial charge in [0.15, 0.2) is 0 Å². The molecule has 5 nitrogen and oxygen atoms in total. The van der Waals surface area contributed by atoms with Gasteiger partial charge in [0, 0.05) is 6.42 Å². The SMILES string of the molecule is CCCC[C@H](C(=O)O)[C@@H](C)CC(=O)Nc1ccccc1OC. The molecular weight excluding hydrogens is 282 g/mol. The number of anilines is 1. The van der Waals surface area contributed by atoms with Gasteiger partial charge in [-0.05, 0) is 24.5 Å². The highest BCUT2D eigenvalue weighted by Crippen LogP contribution is 2.26. The molecule has 0 spiro atoms. The van der Waals surface area contributed by atoms with Crippen LogP contribution in [0.25, 0.3) is 0 Å². The molecule has 0 saturated carbocycles. The topological polar surface area (TPSA) is 75.6 Å². The molecular formula is C17H25NO4. The summed E-state index contributed by atoms with van der Waals surface area (Å²) < 4.78 is 5.18. The van der Waals surface area contributed by atoms with Crippen molar-refractivity contribution in [3.63, 3.8) is 0 Å². The van der Waals surface area contributed by atoms with Gasteiger partial charge in [0.05, 0.1) is 18.7 Å². The van der Waals surface area contributed by atoms with E-state index < -0.39 is 11.9 Å². The summed E-state index contributed by atoms with van der Waals surface area (Å²) in [5.74, 6) is -1.13. The van der Waals surface area contributed by atoms with Gasteiger partial charge in [-0.1, -0.05) is 38.8 Å². The molecule has 0 aliphatic carbocycles. The molecule has 1 amide bonds. The van der Waals surface area contributed by atoms with Crippen molar-refractivity contribution in [2.24, 2.45) is 11.8 Å². The maximum Gasteiger partial charge on any atom is 0.306 e. The molecule has 0 radical (unpaired) electrons. The van der Waals surface area contributed by atoms with Crippen molar-refractivity contribution < 1.29 is 19.4 Å². The maximum absolute atomic E-state index is 12.1. The van der Waals surface area contributed by atoms with Gasteiger partial charge in [-0.15, -0.1) is 0 Å². The molecule has 0 fully saturated rings. The van der Waals surface area contributed by atoms with Crippen molar-refractivity contribution in [1.29, 1.82) is 0 Å². The van der Waals surface area contributed by atoms with Crippen LogP contribution in [0.1, 0.15) is 39.5 Å². The van der Waals surface area contributed by atoms with Crippen LogP contribution in [0.4, 0.5) is 5.69 Å². The van der Waals surface area contributed by atoms with Crippen LogP contribution in [0.15, 0.2) is 24.3 Å². The molecule has 1 aromatic rings. The quantitative estimate of drug-likeness (QED) is 0.731. The summed E-state index contributed by atoms with van der Waals surface area (Å²) in [6.45, 7) is 3.84. The zero-order valence-corrected chi connectivity index (χ0v) is 13.5. The van der Waals surface area contributed by atoms with Crippen molar-refractivity contribution in [3.8, 4) is 5.75 Å². The first-order valence-electron chi connectivity index (χ1n) is 7.65. The predicted molar refractivity (Wildman–Crippen MR) is 86.1 cm³/mol. The lowest BCUT2D eigenvalue weighted by Crippen LogP contribution is -2.26. The average molecular weight is 307 g/mol. The highest BCUT2D eigenvalue weighted by atomic mass is 16.5. The Morgan fingerprint density at radius 3 is 2.59 bits per heavy atom. The molecule has 5 heteroatoms. The number of benzene rings is 1. The van der Waals surface area contributed by atoms with Crippen molar-refractivity contribution in [1.82, 2.24) is 0 Å². The van der Waals surface area contributed by atoms with Gasteiger partial charge in [0.25, 0.3) is 0 Å². The Morgan fingerprint density at radius 1 is 1.32 bits per heavy atom. The van der Waals surface area contributed by atoms with E-state index in [0.717, 1.165) is 12.8 Å². The number of para-hydroxylation sites is 2. The van der Waals surface area contributed by atoms with E-state index in [1.54, 1.807) is 19.2 Å². The van der Waals surface area contributed by atoms with Crippen LogP contribution in [0, 0.1) is 11.8 Å². The molecule has 1 rings (SSSR count). The lowest BCUT2D eigenvalue weighted by atomic mass is 9.87. The van der Waals surface area contributed by atoms with E-state index >= 15 is 0 Å². The number of nitrogens with one attached hydrogen (secondary N) is 1. The molecule has 0 unspecified atom stereocenters. The number of carbonyl (C=O) groups is 2. The lowest BCUT2D eigenvalue weighted by Gasteiger charge is -2.20. The van der Waals surface area contributed by atoms with Crippen LogP contribution in [-0.4, -0.2) is 24.1 Å². The molecule has 0 aliphatic heterocycles. The Kier molecular flexibility index (Phi) is 7.43. The third kappa shape index (κ3) is 5.39. The summed E-state index contributed by atoms with van der Waals surface area (Å²) >= 11 is 0. The van der Waals surface area contributed by atoms with Crippen LogP contribution >= 0.6 is 0 Å². The molecule has 0 bridgehead atoms. The number of carboxylic acids is 1. The number of hydrogen-bond donors (Lipinski definition) is 2. The van der Waals surface area contributed by atoms with Gasteiger partial charge in [0.2, 0.25) is 5.91 Å². The number of methoxy groups -OCH3 is 1. The zero-order valence-electron chi connectivity index (χ0n) is 13.5. The van der Waals surface area contributed by atoms with Crippen LogP contribution in [0.3, 0.4) is 0 Å². The minimum absolute atomic E-state index is 0.179. The largest absolute Gasteiger partial charge is 0.495 e. The Labute approximate surface area is 131 Å².